The van der Waals surface area contributed by atoms with Crippen LogP contribution in [-0.2, 0) is 16.0 Å². The zero-order valence-electron chi connectivity index (χ0n) is 14.6. The Labute approximate surface area is 138 Å². The molecule has 0 aromatic carbocycles. The van der Waals surface area contributed by atoms with Crippen molar-refractivity contribution in [3.63, 3.8) is 0 Å². The Kier molecular flexibility index (Phi) is 6.38. The molecule has 0 saturated heterocycles. The summed E-state index contributed by atoms with van der Waals surface area (Å²) < 4.78 is 12.6. The van der Waals surface area contributed by atoms with Gasteiger partial charge in [-0.25, -0.2) is 4.98 Å². The number of aromatic nitrogens is 2. The van der Waals surface area contributed by atoms with Crippen LogP contribution in [0.1, 0.15) is 31.2 Å². The van der Waals surface area contributed by atoms with E-state index in [0.29, 0.717) is 19.1 Å². The van der Waals surface area contributed by atoms with Crippen LogP contribution in [0.5, 0.6) is 0 Å². The first-order valence-electron chi connectivity index (χ1n) is 8.03. The number of nitrogens with two attached hydrogens (primary N) is 1. The van der Waals surface area contributed by atoms with Gasteiger partial charge < -0.3 is 19.6 Å². The van der Waals surface area contributed by atoms with Gasteiger partial charge in [-0.15, -0.1) is 0 Å². The molecule has 128 valence electrons. The lowest BCUT2D eigenvalue weighted by Gasteiger charge is -2.22. The molecule has 6 heteroatoms. The molecule has 0 saturated carbocycles. The zero-order valence-corrected chi connectivity index (χ0v) is 14.6. The number of methoxy groups -OCH3 is 2. The lowest BCUT2D eigenvalue weighted by atomic mass is 10.1. The number of fused-ring (bicyclic) bond motifs is 1. The van der Waals surface area contributed by atoms with Crippen LogP contribution in [0.3, 0.4) is 0 Å². The van der Waals surface area contributed by atoms with Crippen LogP contribution in [0.2, 0.25) is 0 Å². The molecule has 0 spiro atoms. The molecule has 2 heterocycles. The van der Waals surface area contributed by atoms with Gasteiger partial charge >= 0.3 is 0 Å². The topological polar surface area (TPSA) is 65.0 Å². The maximum Gasteiger partial charge on any atom is 0.137 e. The second kappa shape index (κ2) is 8.29. The van der Waals surface area contributed by atoms with E-state index in [1.807, 2.05) is 18.3 Å². The summed E-state index contributed by atoms with van der Waals surface area (Å²) in [6.45, 7) is 8.23. The quantitative estimate of drug-likeness (QED) is 0.767. The highest BCUT2D eigenvalue weighted by Gasteiger charge is 2.18. The zero-order chi connectivity index (χ0) is 16.8. The van der Waals surface area contributed by atoms with E-state index in [9.17, 15) is 0 Å². The molecular formula is C17H28N4O2. The highest BCUT2D eigenvalue weighted by atomic mass is 16.5. The minimum Gasteiger partial charge on any atom is -0.398 e. The van der Waals surface area contributed by atoms with Gasteiger partial charge in [-0.3, -0.25) is 4.90 Å². The van der Waals surface area contributed by atoms with Crippen LogP contribution in [0.25, 0.3) is 5.65 Å². The van der Waals surface area contributed by atoms with Crippen LogP contribution in [0, 0.1) is 0 Å². The van der Waals surface area contributed by atoms with Crippen LogP contribution >= 0.6 is 0 Å². The summed E-state index contributed by atoms with van der Waals surface area (Å²) in [6.07, 6.45) is 1.95. The summed E-state index contributed by atoms with van der Waals surface area (Å²) in [5, 5.41) is 0. The molecule has 2 N–H and O–H groups in total. The predicted octanol–water partition coefficient (Wildman–Crippen LogP) is 2.13. The smallest absolute Gasteiger partial charge is 0.137 e. The van der Waals surface area contributed by atoms with Gasteiger partial charge in [-0.05, 0) is 18.1 Å². The number of imidazole rings is 1. The van der Waals surface area contributed by atoms with E-state index in [-0.39, 0.29) is 0 Å². The third-order valence-electron chi connectivity index (χ3n) is 3.91. The molecule has 0 aliphatic rings. The Hall–Kier alpha value is -1.63. The van der Waals surface area contributed by atoms with Gasteiger partial charge in [0.2, 0.25) is 0 Å². The van der Waals surface area contributed by atoms with Gasteiger partial charge in [0, 0.05) is 45.7 Å². The average molecular weight is 320 g/mol. The fourth-order valence-electron chi connectivity index (χ4n) is 2.67. The first kappa shape index (κ1) is 17.7. The first-order valence-corrected chi connectivity index (χ1v) is 8.03. The van der Waals surface area contributed by atoms with E-state index in [0.717, 1.165) is 36.7 Å². The summed E-state index contributed by atoms with van der Waals surface area (Å²) in [4.78, 5) is 7.11. The Balaban J connectivity index is 2.34. The van der Waals surface area contributed by atoms with E-state index in [4.69, 9.17) is 20.2 Å². The Morgan fingerprint density at radius 2 is 1.83 bits per heavy atom. The van der Waals surface area contributed by atoms with Gasteiger partial charge in [-0.2, -0.15) is 0 Å². The SMILES string of the molecule is COCCN(CCOC)Cc1c(C(C)C)nc2ccc(N)cn12. The van der Waals surface area contributed by atoms with E-state index in [2.05, 4.69) is 23.1 Å². The Morgan fingerprint density at radius 3 is 2.39 bits per heavy atom. The van der Waals surface area contributed by atoms with E-state index >= 15 is 0 Å². The summed E-state index contributed by atoms with van der Waals surface area (Å²) in [5.74, 6) is 0.359. The highest BCUT2D eigenvalue weighted by Crippen LogP contribution is 2.23. The summed E-state index contributed by atoms with van der Waals surface area (Å²) >= 11 is 0. The maximum absolute atomic E-state index is 5.97. The first-order chi connectivity index (χ1) is 11.1. The van der Waals surface area contributed by atoms with Crippen molar-refractivity contribution in [2.24, 2.45) is 0 Å². The lowest BCUT2D eigenvalue weighted by Crippen LogP contribution is -2.31. The molecule has 2 rings (SSSR count). The van der Waals surface area contributed by atoms with Gasteiger partial charge in [0.25, 0.3) is 0 Å². The molecule has 0 atom stereocenters. The average Bonchev–Trinajstić information content (AvgIpc) is 2.88. The minimum atomic E-state index is 0.359. The largest absolute Gasteiger partial charge is 0.398 e. The van der Waals surface area contributed by atoms with Crippen LogP contribution in [0.4, 0.5) is 5.69 Å². The van der Waals surface area contributed by atoms with E-state index in [1.165, 1.54) is 5.69 Å². The Bertz CT molecular complexity index is 616. The molecule has 0 fully saturated rings. The number of ether oxygens (including phenoxy) is 2. The fraction of sp³-hybridized carbons (Fsp3) is 0.588. The van der Waals surface area contributed by atoms with Crippen LogP contribution < -0.4 is 5.73 Å². The number of nitrogen functional groups attached to an aromatic ring is 1. The maximum atomic E-state index is 5.97. The standard InChI is InChI=1S/C17H28N4O2/c1-13(2)17-15(12-20(7-9-22-3)8-10-23-4)21-11-14(18)5-6-16(21)19-17/h5-6,11,13H,7-10,12,18H2,1-4H3. The van der Waals surface area contributed by atoms with E-state index < -0.39 is 0 Å². The molecule has 0 unspecified atom stereocenters. The van der Waals surface area contributed by atoms with Crippen molar-refractivity contribution in [3.8, 4) is 0 Å². The number of nitrogens with zero attached hydrogens (tertiary/aromatic N) is 3. The van der Waals surface area contributed by atoms with Crippen molar-refractivity contribution in [2.75, 3.05) is 46.3 Å². The molecule has 6 nitrogen and oxygen atoms in total. The predicted molar refractivity (Wildman–Crippen MR) is 92.7 cm³/mol. The van der Waals surface area contributed by atoms with Crippen LogP contribution in [-0.4, -0.2) is 54.8 Å². The lowest BCUT2D eigenvalue weighted by molar-refractivity contribution is 0.109. The monoisotopic (exact) mass is 320 g/mol. The fourth-order valence-corrected chi connectivity index (χ4v) is 2.67. The Morgan fingerprint density at radius 1 is 1.17 bits per heavy atom. The van der Waals surface area contributed by atoms with Gasteiger partial charge in [0.05, 0.1) is 24.6 Å². The summed E-state index contributed by atoms with van der Waals surface area (Å²) in [5.41, 5.74) is 9.96. The van der Waals surface area contributed by atoms with Crippen molar-refractivity contribution in [3.05, 3.63) is 29.7 Å². The summed E-state index contributed by atoms with van der Waals surface area (Å²) in [6, 6.07) is 3.86. The second-order valence-corrected chi connectivity index (χ2v) is 6.05. The molecular weight excluding hydrogens is 292 g/mol. The normalized spacial score (nSPS) is 11.9. The number of hydrogen-bond acceptors (Lipinski definition) is 5. The number of anilines is 1. The van der Waals surface area contributed by atoms with Crippen molar-refractivity contribution in [2.45, 2.75) is 26.3 Å². The van der Waals surface area contributed by atoms with Crippen molar-refractivity contribution < 1.29 is 9.47 Å². The summed E-state index contributed by atoms with van der Waals surface area (Å²) in [7, 11) is 3.45. The van der Waals surface area contributed by atoms with Gasteiger partial charge in [0.15, 0.2) is 0 Å². The molecule has 0 amide bonds. The number of rotatable bonds is 9. The second-order valence-electron chi connectivity index (χ2n) is 6.05. The van der Waals surface area contributed by atoms with Crippen LogP contribution in [0.15, 0.2) is 18.3 Å². The van der Waals surface area contributed by atoms with Crippen molar-refractivity contribution in [1.29, 1.82) is 0 Å². The van der Waals surface area contributed by atoms with Crippen molar-refractivity contribution in [1.82, 2.24) is 14.3 Å². The molecule has 0 radical (unpaired) electrons. The third-order valence-corrected chi connectivity index (χ3v) is 3.91. The molecule has 0 aliphatic heterocycles. The van der Waals surface area contributed by atoms with Crippen molar-refractivity contribution >= 4 is 11.3 Å². The minimum absolute atomic E-state index is 0.359. The number of pyridine rings is 1. The number of hydrogen-bond donors (Lipinski definition) is 1. The molecule has 0 aliphatic carbocycles. The molecule has 0 bridgehead atoms. The van der Waals surface area contributed by atoms with E-state index in [1.54, 1.807) is 14.2 Å². The van der Waals surface area contributed by atoms with Gasteiger partial charge in [0.1, 0.15) is 5.65 Å². The highest BCUT2D eigenvalue weighted by molar-refractivity contribution is 5.50. The molecule has 2 aromatic rings. The molecule has 23 heavy (non-hydrogen) atoms. The third kappa shape index (κ3) is 4.43. The molecule has 2 aromatic heterocycles. The van der Waals surface area contributed by atoms with Gasteiger partial charge in [-0.1, -0.05) is 13.8 Å².